The van der Waals surface area contributed by atoms with Crippen molar-refractivity contribution in [1.82, 2.24) is 4.90 Å². The van der Waals surface area contributed by atoms with Gasteiger partial charge in [-0.25, -0.2) is 0 Å². The molecule has 1 aliphatic heterocycles. The molecule has 3 rings (SSSR count). The molecule has 0 amide bonds. The third kappa shape index (κ3) is 4.21. The fourth-order valence-electron chi connectivity index (χ4n) is 3.80. The first-order valence-electron chi connectivity index (χ1n) is 8.70. The summed E-state index contributed by atoms with van der Waals surface area (Å²) in [5, 5.41) is 0. The predicted molar refractivity (Wildman–Crippen MR) is 95.6 cm³/mol. The van der Waals surface area contributed by atoms with E-state index >= 15 is 0 Å². The second-order valence-electron chi connectivity index (χ2n) is 6.49. The lowest BCUT2D eigenvalue weighted by Crippen LogP contribution is -2.44. The highest BCUT2D eigenvalue weighted by Gasteiger charge is 2.30. The number of piperidine rings is 1. The molecular formula is C21H27NO. The summed E-state index contributed by atoms with van der Waals surface area (Å²) in [4.78, 5) is 2.66. The zero-order valence-corrected chi connectivity index (χ0v) is 14.0. The first-order chi connectivity index (χ1) is 11.4. The quantitative estimate of drug-likeness (QED) is 0.780. The first kappa shape index (κ1) is 16.2. The van der Waals surface area contributed by atoms with E-state index in [1.54, 1.807) is 0 Å². The minimum absolute atomic E-state index is 0.449. The van der Waals surface area contributed by atoms with Gasteiger partial charge in [0.1, 0.15) is 0 Å². The maximum Gasteiger partial charge on any atom is 0.0546 e. The molecule has 2 atom stereocenters. The number of nitrogens with zero attached hydrogens (tertiary/aromatic N) is 1. The van der Waals surface area contributed by atoms with Crippen molar-refractivity contribution in [2.75, 3.05) is 20.3 Å². The average Bonchev–Trinajstić information content (AvgIpc) is 2.62. The van der Waals surface area contributed by atoms with Crippen molar-refractivity contribution >= 4 is 0 Å². The smallest absolute Gasteiger partial charge is 0.0546 e. The molecule has 2 nitrogen and oxygen atoms in total. The number of hydrogen-bond acceptors (Lipinski definition) is 2. The summed E-state index contributed by atoms with van der Waals surface area (Å²) < 4.78 is 5.58. The van der Waals surface area contributed by atoms with E-state index in [0.29, 0.717) is 12.0 Å². The molecule has 0 saturated carbocycles. The Morgan fingerprint density at radius 3 is 2.39 bits per heavy atom. The van der Waals surface area contributed by atoms with Gasteiger partial charge in [-0.15, -0.1) is 0 Å². The lowest BCUT2D eigenvalue weighted by molar-refractivity contribution is 0.0768. The molecule has 122 valence electrons. The Hall–Kier alpha value is -1.64. The maximum atomic E-state index is 5.58. The van der Waals surface area contributed by atoms with Crippen LogP contribution in [0.25, 0.3) is 0 Å². The Bertz CT molecular complexity index is 569. The Labute approximate surface area is 140 Å². The largest absolute Gasteiger partial charge is 0.384 e. The average molecular weight is 309 g/mol. The number of hydrogen-bond donors (Lipinski definition) is 0. The molecule has 2 aromatic carbocycles. The molecular weight excluding hydrogens is 282 g/mol. The monoisotopic (exact) mass is 309 g/mol. The summed E-state index contributed by atoms with van der Waals surface area (Å²) in [6.45, 7) is 3.02. The number of methoxy groups -OCH3 is 1. The molecule has 1 saturated heterocycles. The van der Waals surface area contributed by atoms with Crippen LogP contribution in [0.3, 0.4) is 0 Å². The van der Waals surface area contributed by atoms with Gasteiger partial charge in [-0.2, -0.15) is 0 Å². The van der Waals surface area contributed by atoms with Gasteiger partial charge in [0.2, 0.25) is 0 Å². The lowest BCUT2D eigenvalue weighted by Gasteiger charge is -2.40. The highest BCUT2D eigenvalue weighted by Crippen LogP contribution is 2.31. The zero-order valence-electron chi connectivity index (χ0n) is 14.0. The molecule has 0 aliphatic carbocycles. The van der Waals surface area contributed by atoms with Gasteiger partial charge in [-0.1, -0.05) is 67.1 Å². The van der Waals surface area contributed by atoms with E-state index in [1.807, 2.05) is 7.11 Å². The van der Waals surface area contributed by atoms with Crippen molar-refractivity contribution in [3.05, 3.63) is 71.8 Å². The third-order valence-electron chi connectivity index (χ3n) is 4.93. The maximum absolute atomic E-state index is 5.58. The molecule has 23 heavy (non-hydrogen) atoms. The molecule has 0 aromatic heterocycles. The van der Waals surface area contributed by atoms with Crippen molar-refractivity contribution in [2.24, 2.45) is 0 Å². The number of benzene rings is 2. The van der Waals surface area contributed by atoms with Crippen LogP contribution in [0.4, 0.5) is 0 Å². The van der Waals surface area contributed by atoms with Gasteiger partial charge in [-0.05, 0) is 30.5 Å². The molecule has 0 radical (unpaired) electrons. The molecule has 0 spiro atoms. The third-order valence-corrected chi connectivity index (χ3v) is 4.93. The van der Waals surface area contributed by atoms with Crippen LogP contribution < -0.4 is 0 Å². The zero-order chi connectivity index (χ0) is 15.9. The van der Waals surface area contributed by atoms with Crippen molar-refractivity contribution in [2.45, 2.75) is 37.8 Å². The highest BCUT2D eigenvalue weighted by molar-refractivity contribution is 5.22. The summed E-state index contributed by atoms with van der Waals surface area (Å²) in [7, 11) is 1.82. The summed E-state index contributed by atoms with van der Waals surface area (Å²) in [6.07, 6.45) is 3.89. The summed E-state index contributed by atoms with van der Waals surface area (Å²) >= 11 is 0. The summed E-state index contributed by atoms with van der Waals surface area (Å²) in [5.41, 5.74) is 2.81. The highest BCUT2D eigenvalue weighted by atomic mass is 16.5. The van der Waals surface area contributed by atoms with Gasteiger partial charge in [0, 0.05) is 25.6 Å². The van der Waals surface area contributed by atoms with Crippen LogP contribution in [0.2, 0.25) is 0 Å². The fraction of sp³-hybridized carbons (Fsp3) is 0.429. The SMILES string of the molecule is COC[C@H](c1ccccc1)[C@H]1CCCCN1Cc1ccccc1. The van der Waals surface area contributed by atoms with E-state index in [4.69, 9.17) is 4.74 Å². The Balaban J connectivity index is 1.80. The van der Waals surface area contributed by atoms with Crippen LogP contribution in [-0.4, -0.2) is 31.2 Å². The minimum atomic E-state index is 0.449. The van der Waals surface area contributed by atoms with Gasteiger partial charge in [0.25, 0.3) is 0 Å². The molecule has 1 heterocycles. The molecule has 2 heteroatoms. The second-order valence-corrected chi connectivity index (χ2v) is 6.49. The van der Waals surface area contributed by atoms with Crippen LogP contribution in [0.1, 0.15) is 36.3 Å². The number of likely N-dealkylation sites (tertiary alicyclic amines) is 1. The number of rotatable bonds is 6. The summed E-state index contributed by atoms with van der Waals surface area (Å²) in [6, 6.07) is 22.3. The topological polar surface area (TPSA) is 12.5 Å². The van der Waals surface area contributed by atoms with Crippen LogP contribution in [0.5, 0.6) is 0 Å². The molecule has 1 fully saturated rings. The minimum Gasteiger partial charge on any atom is -0.384 e. The van der Waals surface area contributed by atoms with Crippen molar-refractivity contribution in [1.29, 1.82) is 0 Å². The fourth-order valence-corrected chi connectivity index (χ4v) is 3.80. The Morgan fingerprint density at radius 1 is 1.00 bits per heavy atom. The predicted octanol–water partition coefficient (Wildman–Crippen LogP) is 4.47. The van der Waals surface area contributed by atoms with Gasteiger partial charge >= 0.3 is 0 Å². The van der Waals surface area contributed by atoms with E-state index in [2.05, 4.69) is 65.6 Å². The number of ether oxygens (including phenoxy) is 1. The van der Waals surface area contributed by atoms with E-state index < -0.39 is 0 Å². The van der Waals surface area contributed by atoms with Gasteiger partial charge in [0.05, 0.1) is 6.61 Å². The standard InChI is InChI=1S/C21H27NO/c1-23-17-20(19-12-6-3-7-13-19)21-14-8-9-15-22(21)16-18-10-4-2-5-11-18/h2-7,10-13,20-21H,8-9,14-17H2,1H3/t20-,21-/m1/s1. The van der Waals surface area contributed by atoms with Crippen LogP contribution in [0, 0.1) is 0 Å². The van der Waals surface area contributed by atoms with Gasteiger partial charge in [0.15, 0.2) is 0 Å². The Morgan fingerprint density at radius 2 is 1.70 bits per heavy atom. The van der Waals surface area contributed by atoms with E-state index in [9.17, 15) is 0 Å². The molecule has 0 N–H and O–H groups in total. The normalized spacial score (nSPS) is 20.3. The van der Waals surface area contributed by atoms with Crippen LogP contribution >= 0.6 is 0 Å². The van der Waals surface area contributed by atoms with Crippen LogP contribution in [-0.2, 0) is 11.3 Å². The van der Waals surface area contributed by atoms with E-state index in [-0.39, 0.29) is 0 Å². The van der Waals surface area contributed by atoms with Crippen LogP contribution in [0.15, 0.2) is 60.7 Å². The van der Waals surface area contributed by atoms with Gasteiger partial charge < -0.3 is 4.74 Å². The lowest BCUT2D eigenvalue weighted by atomic mass is 9.85. The van der Waals surface area contributed by atoms with E-state index in [0.717, 1.165) is 13.2 Å². The van der Waals surface area contributed by atoms with Crippen molar-refractivity contribution in [3.63, 3.8) is 0 Å². The van der Waals surface area contributed by atoms with Crippen molar-refractivity contribution < 1.29 is 4.74 Å². The summed E-state index contributed by atoms with van der Waals surface area (Å²) in [5.74, 6) is 0.449. The first-order valence-corrected chi connectivity index (χ1v) is 8.70. The second kappa shape index (κ2) is 8.28. The molecule has 0 bridgehead atoms. The Kier molecular flexibility index (Phi) is 5.84. The molecule has 2 aromatic rings. The van der Waals surface area contributed by atoms with Crippen molar-refractivity contribution in [3.8, 4) is 0 Å². The van der Waals surface area contributed by atoms with Gasteiger partial charge in [-0.3, -0.25) is 4.90 Å². The molecule has 1 aliphatic rings. The van der Waals surface area contributed by atoms with E-state index in [1.165, 1.54) is 36.9 Å². The molecule has 0 unspecified atom stereocenters.